The van der Waals surface area contributed by atoms with Crippen molar-refractivity contribution in [3.8, 4) is 0 Å². The Kier molecular flexibility index (Phi) is 3.62. The van der Waals surface area contributed by atoms with Crippen LogP contribution in [0.4, 0.5) is 13.2 Å². The second-order valence-corrected chi connectivity index (χ2v) is 4.79. The molecule has 4 heteroatoms. The molecule has 0 aromatic heterocycles. The highest BCUT2D eigenvalue weighted by Gasteiger charge is 2.27. The van der Waals surface area contributed by atoms with Crippen LogP contribution in [0.25, 0.3) is 0 Å². The molecule has 0 aliphatic heterocycles. The van der Waals surface area contributed by atoms with Gasteiger partial charge in [-0.15, -0.1) is 0 Å². The lowest BCUT2D eigenvalue weighted by molar-refractivity contribution is 0.424. The van der Waals surface area contributed by atoms with Crippen molar-refractivity contribution in [1.29, 1.82) is 0 Å². The van der Waals surface area contributed by atoms with Gasteiger partial charge in [0.25, 0.3) is 0 Å². The van der Waals surface area contributed by atoms with Gasteiger partial charge in [-0.25, -0.2) is 13.2 Å². The fraction of sp³-hybridized carbons (Fsp3) is 0.200. The lowest BCUT2D eigenvalue weighted by Crippen LogP contribution is -2.37. The molecule has 100 valence electrons. The Bertz CT molecular complexity index is 594. The Morgan fingerprint density at radius 2 is 1.58 bits per heavy atom. The van der Waals surface area contributed by atoms with Crippen LogP contribution in [0.1, 0.15) is 18.1 Å². The van der Waals surface area contributed by atoms with E-state index in [2.05, 4.69) is 0 Å². The van der Waals surface area contributed by atoms with Gasteiger partial charge < -0.3 is 5.73 Å². The molecule has 2 rings (SSSR count). The maximum absolute atomic E-state index is 13.8. The highest BCUT2D eigenvalue weighted by molar-refractivity contribution is 5.30. The molecular formula is C15H14F3N. The number of hydrogen-bond donors (Lipinski definition) is 1. The van der Waals surface area contributed by atoms with Gasteiger partial charge in [-0.2, -0.15) is 0 Å². The molecule has 2 aromatic rings. The summed E-state index contributed by atoms with van der Waals surface area (Å²) in [4.78, 5) is 0. The van der Waals surface area contributed by atoms with Crippen molar-refractivity contribution in [3.63, 3.8) is 0 Å². The second kappa shape index (κ2) is 5.05. The van der Waals surface area contributed by atoms with Crippen LogP contribution in [-0.4, -0.2) is 0 Å². The van der Waals surface area contributed by atoms with Crippen LogP contribution in [0.15, 0.2) is 42.5 Å². The molecule has 0 saturated carbocycles. The molecule has 0 bridgehead atoms. The number of nitrogens with two attached hydrogens (primary N) is 1. The van der Waals surface area contributed by atoms with Crippen molar-refractivity contribution in [2.45, 2.75) is 18.9 Å². The third-order valence-electron chi connectivity index (χ3n) is 3.08. The molecule has 0 amide bonds. The average Bonchev–Trinajstić information content (AvgIpc) is 2.35. The van der Waals surface area contributed by atoms with Gasteiger partial charge in [-0.1, -0.05) is 30.3 Å². The Morgan fingerprint density at radius 1 is 0.947 bits per heavy atom. The Hall–Kier alpha value is -1.81. The minimum Gasteiger partial charge on any atom is -0.321 e. The Labute approximate surface area is 109 Å². The van der Waals surface area contributed by atoms with Gasteiger partial charge in [0, 0.05) is 11.1 Å². The third kappa shape index (κ3) is 2.79. The lowest BCUT2D eigenvalue weighted by atomic mass is 9.86. The summed E-state index contributed by atoms with van der Waals surface area (Å²) in [5.74, 6) is -2.34. The lowest BCUT2D eigenvalue weighted by Gasteiger charge is -2.26. The molecule has 2 N–H and O–H groups in total. The first-order valence-corrected chi connectivity index (χ1v) is 5.88. The first kappa shape index (κ1) is 13.6. The molecule has 0 heterocycles. The molecule has 0 spiro atoms. The van der Waals surface area contributed by atoms with Crippen molar-refractivity contribution in [2.24, 2.45) is 5.73 Å². The SMILES string of the molecule is CC(N)(Cc1ccccc1F)c1cccc(F)c1F. The standard InChI is InChI=1S/C15H14F3N/c1-15(19,9-10-5-2-3-7-12(10)16)11-6-4-8-13(17)14(11)18/h2-8H,9,19H2,1H3. The zero-order valence-corrected chi connectivity index (χ0v) is 10.5. The maximum atomic E-state index is 13.8. The van der Waals surface area contributed by atoms with Crippen molar-refractivity contribution < 1.29 is 13.2 Å². The predicted octanol–water partition coefficient (Wildman–Crippen LogP) is 3.52. The quantitative estimate of drug-likeness (QED) is 0.902. The number of benzene rings is 2. The van der Waals surface area contributed by atoms with E-state index in [1.54, 1.807) is 25.1 Å². The second-order valence-electron chi connectivity index (χ2n) is 4.79. The van der Waals surface area contributed by atoms with Gasteiger partial charge in [0.05, 0.1) is 0 Å². The highest BCUT2D eigenvalue weighted by atomic mass is 19.2. The molecular weight excluding hydrogens is 251 g/mol. The van der Waals surface area contributed by atoms with Gasteiger partial charge in [-0.3, -0.25) is 0 Å². The zero-order valence-electron chi connectivity index (χ0n) is 10.5. The van der Waals surface area contributed by atoms with Crippen molar-refractivity contribution in [3.05, 3.63) is 71.0 Å². The molecule has 2 aromatic carbocycles. The summed E-state index contributed by atoms with van der Waals surface area (Å²) >= 11 is 0. The van der Waals surface area contributed by atoms with Gasteiger partial charge in [-0.05, 0) is 31.0 Å². The molecule has 0 aliphatic rings. The summed E-state index contributed by atoms with van der Waals surface area (Å²) in [5.41, 5.74) is 5.26. The number of rotatable bonds is 3. The van der Waals surface area contributed by atoms with E-state index in [1.807, 2.05) is 0 Å². The summed E-state index contributed by atoms with van der Waals surface area (Å²) in [6, 6.07) is 9.97. The first-order valence-electron chi connectivity index (χ1n) is 5.88. The van der Waals surface area contributed by atoms with Crippen molar-refractivity contribution in [2.75, 3.05) is 0 Å². The monoisotopic (exact) mass is 265 g/mol. The van der Waals surface area contributed by atoms with Crippen LogP contribution < -0.4 is 5.73 Å². The summed E-state index contributed by atoms with van der Waals surface area (Å²) in [7, 11) is 0. The van der Waals surface area contributed by atoms with E-state index < -0.39 is 23.0 Å². The molecule has 0 saturated heterocycles. The van der Waals surface area contributed by atoms with Gasteiger partial charge in [0.2, 0.25) is 0 Å². The summed E-state index contributed by atoms with van der Waals surface area (Å²) in [6.07, 6.45) is 0.0834. The van der Waals surface area contributed by atoms with Crippen LogP contribution in [0.3, 0.4) is 0 Å². The Balaban J connectivity index is 2.38. The molecule has 19 heavy (non-hydrogen) atoms. The molecule has 1 atom stereocenters. The van der Waals surface area contributed by atoms with Crippen molar-refractivity contribution in [1.82, 2.24) is 0 Å². The number of halogens is 3. The van der Waals surface area contributed by atoms with Crippen LogP contribution >= 0.6 is 0 Å². The summed E-state index contributed by atoms with van der Waals surface area (Å²) < 4.78 is 40.6. The predicted molar refractivity (Wildman–Crippen MR) is 68.0 cm³/mol. The summed E-state index contributed by atoms with van der Waals surface area (Å²) in [6.45, 7) is 1.55. The van der Waals surface area contributed by atoms with Crippen LogP contribution in [0.2, 0.25) is 0 Å². The van der Waals surface area contributed by atoms with Gasteiger partial charge in [0.15, 0.2) is 11.6 Å². The maximum Gasteiger partial charge on any atom is 0.163 e. The molecule has 1 unspecified atom stereocenters. The van der Waals surface area contributed by atoms with E-state index in [-0.39, 0.29) is 12.0 Å². The van der Waals surface area contributed by atoms with E-state index in [0.717, 1.165) is 6.07 Å². The van der Waals surface area contributed by atoms with E-state index in [0.29, 0.717) is 5.56 Å². The van der Waals surface area contributed by atoms with Gasteiger partial charge >= 0.3 is 0 Å². The minimum atomic E-state index is -1.19. The number of hydrogen-bond acceptors (Lipinski definition) is 1. The minimum absolute atomic E-state index is 0.0377. The molecule has 0 fully saturated rings. The van der Waals surface area contributed by atoms with E-state index in [4.69, 9.17) is 5.73 Å². The molecule has 0 radical (unpaired) electrons. The zero-order chi connectivity index (χ0) is 14.0. The molecule has 0 aliphatic carbocycles. The van der Waals surface area contributed by atoms with Crippen LogP contribution in [0.5, 0.6) is 0 Å². The van der Waals surface area contributed by atoms with Crippen LogP contribution in [0, 0.1) is 17.5 Å². The topological polar surface area (TPSA) is 26.0 Å². The third-order valence-corrected chi connectivity index (χ3v) is 3.08. The van der Waals surface area contributed by atoms with Crippen molar-refractivity contribution >= 4 is 0 Å². The summed E-state index contributed by atoms with van der Waals surface area (Å²) in [5, 5.41) is 0. The molecule has 1 nitrogen and oxygen atoms in total. The fourth-order valence-corrected chi connectivity index (χ4v) is 2.08. The van der Waals surface area contributed by atoms with E-state index in [9.17, 15) is 13.2 Å². The Morgan fingerprint density at radius 3 is 2.26 bits per heavy atom. The first-order chi connectivity index (χ1) is 8.92. The highest BCUT2D eigenvalue weighted by Crippen LogP contribution is 2.27. The normalized spacial score (nSPS) is 14.2. The van der Waals surface area contributed by atoms with Crippen LogP contribution in [-0.2, 0) is 12.0 Å². The average molecular weight is 265 g/mol. The van der Waals surface area contributed by atoms with E-state index in [1.165, 1.54) is 18.2 Å². The van der Waals surface area contributed by atoms with E-state index >= 15 is 0 Å². The smallest absolute Gasteiger partial charge is 0.163 e. The largest absolute Gasteiger partial charge is 0.321 e. The fourth-order valence-electron chi connectivity index (χ4n) is 2.08. The van der Waals surface area contributed by atoms with Gasteiger partial charge in [0.1, 0.15) is 5.82 Å².